The third kappa shape index (κ3) is 7.02. The predicted molar refractivity (Wildman–Crippen MR) is 83.6 cm³/mol. The Labute approximate surface area is 117 Å². The summed E-state index contributed by atoms with van der Waals surface area (Å²) in [7, 11) is 0. The van der Waals surface area contributed by atoms with E-state index in [1.807, 2.05) is 12.1 Å². The van der Waals surface area contributed by atoms with Gasteiger partial charge in [-0.3, -0.25) is 0 Å². The van der Waals surface area contributed by atoms with Crippen molar-refractivity contribution in [2.75, 3.05) is 19.7 Å². The highest BCUT2D eigenvalue weighted by Gasteiger charge is 1.96. The van der Waals surface area contributed by atoms with Gasteiger partial charge in [0.15, 0.2) is 0 Å². The number of ether oxygens (including phenoxy) is 1. The molecule has 1 aromatic carbocycles. The Morgan fingerprint density at radius 2 is 1.95 bits per heavy atom. The topological polar surface area (TPSA) is 21.3 Å². The molecule has 1 N–H and O–H groups in total. The molecule has 0 aromatic heterocycles. The van der Waals surface area contributed by atoms with E-state index in [1.165, 1.54) is 11.1 Å². The quantitative estimate of drug-likeness (QED) is 0.760. The lowest BCUT2D eigenvalue weighted by molar-refractivity contribution is 0.317. The van der Waals surface area contributed by atoms with E-state index in [4.69, 9.17) is 4.74 Å². The molecule has 1 rings (SSSR count). The zero-order chi connectivity index (χ0) is 14.1. The van der Waals surface area contributed by atoms with Crippen LogP contribution >= 0.6 is 0 Å². The molecule has 0 aliphatic heterocycles. The smallest absolute Gasteiger partial charge is 0.119 e. The van der Waals surface area contributed by atoms with Crippen LogP contribution in [0.1, 0.15) is 39.7 Å². The van der Waals surface area contributed by atoms with E-state index < -0.39 is 0 Å². The molecule has 1 aromatic rings. The molecule has 0 fully saturated rings. The molecule has 19 heavy (non-hydrogen) atoms. The van der Waals surface area contributed by atoms with Crippen molar-refractivity contribution in [2.24, 2.45) is 5.92 Å². The maximum Gasteiger partial charge on any atom is 0.119 e. The third-order valence-corrected chi connectivity index (χ3v) is 2.72. The number of hydrogen-bond donors (Lipinski definition) is 1. The zero-order valence-electron chi connectivity index (χ0n) is 12.7. The number of benzene rings is 1. The first-order chi connectivity index (χ1) is 9.11. The van der Waals surface area contributed by atoms with Crippen molar-refractivity contribution >= 4 is 6.08 Å². The molecule has 0 bridgehead atoms. The van der Waals surface area contributed by atoms with Crippen LogP contribution < -0.4 is 10.1 Å². The Kier molecular flexibility index (Phi) is 7.27. The minimum Gasteiger partial charge on any atom is -0.494 e. The molecule has 0 amide bonds. The summed E-state index contributed by atoms with van der Waals surface area (Å²) in [5.41, 5.74) is 2.58. The summed E-state index contributed by atoms with van der Waals surface area (Å²) in [6, 6.07) is 8.29. The zero-order valence-corrected chi connectivity index (χ0v) is 12.7. The summed E-state index contributed by atoms with van der Waals surface area (Å²) >= 11 is 0. The molecular formula is C17H27NO. The Hall–Kier alpha value is -1.28. The van der Waals surface area contributed by atoms with Crippen molar-refractivity contribution < 1.29 is 4.74 Å². The fourth-order valence-corrected chi connectivity index (χ4v) is 1.77. The van der Waals surface area contributed by atoms with E-state index in [0.717, 1.165) is 31.9 Å². The van der Waals surface area contributed by atoms with Gasteiger partial charge in [-0.15, -0.1) is 0 Å². The Bertz CT molecular complexity index is 379. The van der Waals surface area contributed by atoms with Gasteiger partial charge in [0.25, 0.3) is 0 Å². The van der Waals surface area contributed by atoms with Gasteiger partial charge in [0.05, 0.1) is 6.61 Å². The minimum absolute atomic E-state index is 0.697. The van der Waals surface area contributed by atoms with E-state index in [0.29, 0.717) is 5.92 Å². The first-order valence-corrected chi connectivity index (χ1v) is 7.22. The van der Waals surface area contributed by atoms with Gasteiger partial charge in [-0.05, 0) is 43.5 Å². The molecule has 0 aliphatic carbocycles. The summed E-state index contributed by atoms with van der Waals surface area (Å²) in [6.45, 7) is 11.5. The van der Waals surface area contributed by atoms with Gasteiger partial charge in [-0.1, -0.05) is 44.6 Å². The second kappa shape index (κ2) is 8.76. The van der Waals surface area contributed by atoms with Crippen LogP contribution in [0.15, 0.2) is 29.8 Å². The van der Waals surface area contributed by atoms with Crippen molar-refractivity contribution in [1.82, 2.24) is 5.32 Å². The van der Waals surface area contributed by atoms with E-state index in [9.17, 15) is 0 Å². The molecule has 0 heterocycles. The fraction of sp³-hybridized carbons (Fsp3) is 0.529. The van der Waals surface area contributed by atoms with Crippen molar-refractivity contribution in [3.63, 3.8) is 0 Å². The molecular weight excluding hydrogens is 234 g/mol. The largest absolute Gasteiger partial charge is 0.494 e. The number of nitrogens with one attached hydrogen (secondary N) is 1. The van der Waals surface area contributed by atoms with E-state index >= 15 is 0 Å². The Balaban J connectivity index is 2.46. The molecule has 0 radical (unpaired) electrons. The first kappa shape index (κ1) is 15.8. The molecule has 106 valence electrons. The fourth-order valence-electron chi connectivity index (χ4n) is 1.77. The van der Waals surface area contributed by atoms with Crippen LogP contribution in [0.4, 0.5) is 0 Å². The lowest BCUT2D eigenvalue weighted by Crippen LogP contribution is -2.21. The Morgan fingerprint density at radius 1 is 1.26 bits per heavy atom. The highest BCUT2D eigenvalue weighted by Crippen LogP contribution is 2.14. The van der Waals surface area contributed by atoms with Crippen molar-refractivity contribution in [1.29, 1.82) is 0 Å². The normalized spacial score (nSPS) is 11.9. The number of rotatable bonds is 8. The van der Waals surface area contributed by atoms with E-state index in [1.54, 1.807) is 0 Å². The summed E-state index contributed by atoms with van der Waals surface area (Å²) < 4.78 is 5.57. The van der Waals surface area contributed by atoms with Gasteiger partial charge >= 0.3 is 0 Å². The molecule has 0 saturated heterocycles. The molecule has 2 heteroatoms. The molecule has 0 atom stereocenters. The van der Waals surface area contributed by atoms with Crippen LogP contribution in [0.25, 0.3) is 6.08 Å². The molecule has 0 saturated carbocycles. The van der Waals surface area contributed by atoms with Crippen LogP contribution in [0.3, 0.4) is 0 Å². The van der Waals surface area contributed by atoms with Crippen LogP contribution in [-0.4, -0.2) is 19.7 Å². The monoisotopic (exact) mass is 261 g/mol. The predicted octanol–water partition coefficient (Wildman–Crippen LogP) is 4.12. The summed E-state index contributed by atoms with van der Waals surface area (Å²) in [5, 5.41) is 3.45. The molecule has 0 unspecified atom stereocenters. The lowest BCUT2D eigenvalue weighted by Gasteiger charge is -2.08. The van der Waals surface area contributed by atoms with Gasteiger partial charge in [-0.2, -0.15) is 0 Å². The summed E-state index contributed by atoms with van der Waals surface area (Å²) in [4.78, 5) is 0. The first-order valence-electron chi connectivity index (χ1n) is 7.22. The number of hydrogen-bond acceptors (Lipinski definition) is 2. The Morgan fingerprint density at radius 3 is 2.53 bits per heavy atom. The highest BCUT2D eigenvalue weighted by atomic mass is 16.5. The summed E-state index contributed by atoms with van der Waals surface area (Å²) in [6.07, 6.45) is 3.26. The lowest BCUT2D eigenvalue weighted by atomic mass is 10.1. The maximum absolute atomic E-state index is 5.57. The van der Waals surface area contributed by atoms with Crippen LogP contribution in [-0.2, 0) is 0 Å². The highest BCUT2D eigenvalue weighted by molar-refractivity contribution is 5.53. The van der Waals surface area contributed by atoms with Crippen molar-refractivity contribution in [2.45, 2.75) is 34.1 Å². The second-order valence-corrected chi connectivity index (χ2v) is 5.43. The maximum atomic E-state index is 5.57. The van der Waals surface area contributed by atoms with Crippen molar-refractivity contribution in [3.05, 3.63) is 35.4 Å². The third-order valence-electron chi connectivity index (χ3n) is 2.72. The van der Waals surface area contributed by atoms with Crippen LogP contribution in [0, 0.1) is 5.92 Å². The van der Waals surface area contributed by atoms with Gasteiger partial charge in [0, 0.05) is 6.54 Å². The molecule has 0 spiro atoms. The van der Waals surface area contributed by atoms with Gasteiger partial charge < -0.3 is 10.1 Å². The molecule has 0 aliphatic rings. The average molecular weight is 261 g/mol. The van der Waals surface area contributed by atoms with Gasteiger partial charge in [-0.25, -0.2) is 0 Å². The van der Waals surface area contributed by atoms with E-state index in [2.05, 4.69) is 51.2 Å². The van der Waals surface area contributed by atoms with Crippen molar-refractivity contribution in [3.8, 4) is 5.75 Å². The van der Waals surface area contributed by atoms with Crippen LogP contribution in [0.2, 0.25) is 0 Å². The van der Waals surface area contributed by atoms with Gasteiger partial charge in [0.1, 0.15) is 5.75 Å². The SMILES string of the molecule is CCCOc1ccc(C=C(C)CNCC(C)C)cc1. The van der Waals surface area contributed by atoms with Gasteiger partial charge in [0.2, 0.25) is 0 Å². The van der Waals surface area contributed by atoms with E-state index in [-0.39, 0.29) is 0 Å². The minimum atomic E-state index is 0.697. The summed E-state index contributed by atoms with van der Waals surface area (Å²) in [5.74, 6) is 1.65. The second-order valence-electron chi connectivity index (χ2n) is 5.43. The van der Waals surface area contributed by atoms with Crippen LogP contribution in [0.5, 0.6) is 5.75 Å². The standard InChI is InChI=1S/C17H27NO/c1-5-10-19-17-8-6-16(7-9-17)11-15(4)13-18-12-14(2)3/h6-9,11,14,18H,5,10,12-13H2,1-4H3. The average Bonchev–Trinajstić information content (AvgIpc) is 2.37. The molecule has 2 nitrogen and oxygen atoms in total.